The molecule has 0 saturated heterocycles. The van der Waals surface area contributed by atoms with Gasteiger partial charge in [0.15, 0.2) is 0 Å². The molecule has 0 fully saturated rings. The highest BCUT2D eigenvalue weighted by molar-refractivity contribution is 9.10. The summed E-state index contributed by atoms with van der Waals surface area (Å²) in [5.74, 6) is -0.345. The SMILES string of the molecule is CCCc1[nH]n(-c2ccccc2)c(=O)c1/C(C)=N/NC(=O)c1ccccc1Br. The number of aryl methyl sites for hydroxylation is 1. The molecule has 0 saturated carbocycles. The third-order valence-corrected chi connectivity index (χ3v) is 4.98. The van der Waals surface area contributed by atoms with Gasteiger partial charge in [-0.2, -0.15) is 5.10 Å². The van der Waals surface area contributed by atoms with E-state index in [4.69, 9.17) is 0 Å². The quantitative estimate of drug-likeness (QED) is 0.448. The third kappa shape index (κ3) is 4.14. The summed E-state index contributed by atoms with van der Waals surface area (Å²) >= 11 is 3.35. The van der Waals surface area contributed by atoms with E-state index in [1.54, 1.807) is 25.1 Å². The maximum atomic E-state index is 13.0. The van der Waals surface area contributed by atoms with E-state index in [0.717, 1.165) is 17.8 Å². The molecule has 2 aromatic carbocycles. The van der Waals surface area contributed by atoms with Crippen LogP contribution in [0.25, 0.3) is 5.69 Å². The van der Waals surface area contributed by atoms with E-state index < -0.39 is 0 Å². The number of aromatic amines is 1. The molecule has 3 rings (SSSR count). The minimum atomic E-state index is -0.345. The number of hydrogen-bond acceptors (Lipinski definition) is 3. The van der Waals surface area contributed by atoms with Gasteiger partial charge in [-0.1, -0.05) is 43.7 Å². The highest BCUT2D eigenvalue weighted by Crippen LogP contribution is 2.15. The Balaban J connectivity index is 1.94. The Morgan fingerprint density at radius 3 is 2.50 bits per heavy atom. The van der Waals surface area contributed by atoms with Gasteiger partial charge < -0.3 is 0 Å². The van der Waals surface area contributed by atoms with E-state index in [1.807, 2.05) is 43.3 Å². The van der Waals surface area contributed by atoms with Gasteiger partial charge in [-0.25, -0.2) is 10.1 Å². The number of amides is 1. The van der Waals surface area contributed by atoms with Crippen LogP contribution in [-0.4, -0.2) is 21.4 Å². The summed E-state index contributed by atoms with van der Waals surface area (Å²) in [6.07, 6.45) is 1.58. The molecule has 0 spiro atoms. The monoisotopic (exact) mass is 440 g/mol. The predicted molar refractivity (Wildman–Crippen MR) is 114 cm³/mol. The first-order chi connectivity index (χ1) is 13.5. The first kappa shape index (κ1) is 19.8. The zero-order chi connectivity index (χ0) is 20.1. The molecule has 6 nitrogen and oxygen atoms in total. The lowest BCUT2D eigenvalue weighted by Gasteiger charge is -2.04. The van der Waals surface area contributed by atoms with Crippen molar-refractivity contribution in [3.05, 3.63) is 86.2 Å². The van der Waals surface area contributed by atoms with Gasteiger partial charge >= 0.3 is 0 Å². The number of nitrogens with zero attached hydrogens (tertiary/aromatic N) is 2. The number of hydrazone groups is 1. The predicted octanol–water partition coefficient (Wildman–Crippen LogP) is 4.03. The van der Waals surface area contributed by atoms with Gasteiger partial charge in [-0.05, 0) is 53.5 Å². The second-order valence-corrected chi connectivity index (χ2v) is 7.16. The lowest BCUT2D eigenvalue weighted by Crippen LogP contribution is -2.23. The van der Waals surface area contributed by atoms with Crippen molar-refractivity contribution in [1.82, 2.24) is 15.2 Å². The second-order valence-electron chi connectivity index (χ2n) is 6.31. The molecule has 0 unspecified atom stereocenters. The summed E-state index contributed by atoms with van der Waals surface area (Å²) in [4.78, 5) is 25.4. The molecular weight excluding hydrogens is 420 g/mol. The lowest BCUT2D eigenvalue weighted by atomic mass is 10.1. The van der Waals surface area contributed by atoms with Crippen LogP contribution in [0.1, 0.15) is 41.9 Å². The number of carbonyl (C=O) groups is 1. The van der Waals surface area contributed by atoms with E-state index in [2.05, 4.69) is 31.6 Å². The first-order valence-corrected chi connectivity index (χ1v) is 9.81. The maximum absolute atomic E-state index is 13.0. The molecule has 7 heteroatoms. The van der Waals surface area contributed by atoms with Crippen LogP contribution in [0.2, 0.25) is 0 Å². The molecule has 0 aliphatic carbocycles. The Hall–Kier alpha value is -2.93. The summed E-state index contributed by atoms with van der Waals surface area (Å²) in [7, 11) is 0. The molecule has 0 bridgehead atoms. The molecule has 0 aliphatic rings. The Kier molecular flexibility index (Phi) is 6.26. The van der Waals surface area contributed by atoms with Crippen molar-refractivity contribution in [1.29, 1.82) is 0 Å². The Morgan fingerprint density at radius 1 is 1.14 bits per heavy atom. The number of H-pyrrole nitrogens is 1. The van der Waals surface area contributed by atoms with Gasteiger partial charge in [-0.3, -0.25) is 14.7 Å². The Labute approximate surface area is 171 Å². The molecule has 144 valence electrons. The number of aromatic nitrogens is 2. The van der Waals surface area contributed by atoms with Crippen LogP contribution in [0, 0.1) is 0 Å². The zero-order valence-corrected chi connectivity index (χ0v) is 17.3. The van der Waals surface area contributed by atoms with Crippen LogP contribution in [0.15, 0.2) is 69.0 Å². The number of benzene rings is 2. The van der Waals surface area contributed by atoms with Crippen LogP contribution < -0.4 is 11.0 Å². The van der Waals surface area contributed by atoms with Crippen molar-refractivity contribution in [2.75, 3.05) is 0 Å². The molecular formula is C21H21BrN4O2. The highest BCUT2D eigenvalue weighted by Gasteiger charge is 2.18. The van der Waals surface area contributed by atoms with Gasteiger partial charge in [0.2, 0.25) is 0 Å². The zero-order valence-electron chi connectivity index (χ0n) is 15.7. The molecule has 28 heavy (non-hydrogen) atoms. The van der Waals surface area contributed by atoms with Crippen LogP contribution in [0.3, 0.4) is 0 Å². The van der Waals surface area contributed by atoms with Crippen molar-refractivity contribution in [2.24, 2.45) is 5.10 Å². The molecule has 2 N–H and O–H groups in total. The van der Waals surface area contributed by atoms with E-state index in [9.17, 15) is 9.59 Å². The fraction of sp³-hybridized carbons (Fsp3) is 0.190. The van der Waals surface area contributed by atoms with Crippen LogP contribution in [-0.2, 0) is 6.42 Å². The summed E-state index contributed by atoms with van der Waals surface area (Å²) in [6.45, 7) is 3.77. The number of para-hydroxylation sites is 1. The van der Waals surface area contributed by atoms with Gasteiger partial charge in [0, 0.05) is 10.2 Å². The minimum Gasteiger partial charge on any atom is -0.294 e. The van der Waals surface area contributed by atoms with Crippen LogP contribution in [0.4, 0.5) is 0 Å². The summed E-state index contributed by atoms with van der Waals surface area (Å²) in [5.41, 5.74) is 5.32. The fourth-order valence-electron chi connectivity index (χ4n) is 2.94. The molecule has 1 heterocycles. The molecule has 0 aliphatic heterocycles. The van der Waals surface area contributed by atoms with Crippen molar-refractivity contribution in [3.63, 3.8) is 0 Å². The van der Waals surface area contributed by atoms with Crippen molar-refractivity contribution < 1.29 is 4.79 Å². The lowest BCUT2D eigenvalue weighted by molar-refractivity contribution is 0.0954. The van der Waals surface area contributed by atoms with E-state index in [0.29, 0.717) is 27.7 Å². The summed E-state index contributed by atoms with van der Waals surface area (Å²) in [6, 6.07) is 16.5. The highest BCUT2D eigenvalue weighted by atomic mass is 79.9. The van der Waals surface area contributed by atoms with Crippen LogP contribution in [0.5, 0.6) is 0 Å². The molecule has 1 aromatic heterocycles. The maximum Gasteiger partial charge on any atom is 0.280 e. The average Bonchev–Trinajstić information content (AvgIpc) is 3.03. The topological polar surface area (TPSA) is 79.2 Å². The Morgan fingerprint density at radius 2 is 1.82 bits per heavy atom. The number of halogens is 1. The third-order valence-electron chi connectivity index (χ3n) is 4.29. The van der Waals surface area contributed by atoms with Crippen LogP contribution >= 0.6 is 15.9 Å². The van der Waals surface area contributed by atoms with Crippen molar-refractivity contribution in [2.45, 2.75) is 26.7 Å². The van der Waals surface area contributed by atoms with E-state index in [1.165, 1.54) is 4.68 Å². The fourth-order valence-corrected chi connectivity index (χ4v) is 3.41. The Bertz CT molecular complexity index is 1070. The molecule has 1 amide bonds. The van der Waals surface area contributed by atoms with Gasteiger partial charge in [0.1, 0.15) is 0 Å². The number of nitrogens with one attached hydrogen (secondary N) is 2. The summed E-state index contributed by atoms with van der Waals surface area (Å²) in [5, 5.41) is 7.37. The number of rotatable bonds is 6. The minimum absolute atomic E-state index is 0.189. The first-order valence-electron chi connectivity index (χ1n) is 9.01. The average molecular weight is 441 g/mol. The molecule has 3 aromatic rings. The second kappa shape index (κ2) is 8.84. The molecule has 0 radical (unpaired) electrons. The smallest absolute Gasteiger partial charge is 0.280 e. The van der Waals surface area contributed by atoms with Crippen molar-refractivity contribution in [3.8, 4) is 5.69 Å². The van der Waals surface area contributed by atoms with Crippen molar-refractivity contribution >= 4 is 27.5 Å². The standard InChI is InChI=1S/C21H21BrN4O2/c1-3-9-18-19(21(28)26(25-18)15-10-5-4-6-11-15)14(2)23-24-20(27)16-12-7-8-13-17(16)22/h4-8,10-13,25H,3,9H2,1-2H3,(H,24,27)/b23-14+. The summed E-state index contributed by atoms with van der Waals surface area (Å²) < 4.78 is 2.19. The largest absolute Gasteiger partial charge is 0.294 e. The van der Waals surface area contributed by atoms with E-state index >= 15 is 0 Å². The molecule has 0 atom stereocenters. The van der Waals surface area contributed by atoms with Gasteiger partial charge in [-0.15, -0.1) is 0 Å². The normalized spacial score (nSPS) is 11.5. The van der Waals surface area contributed by atoms with Gasteiger partial charge in [0.05, 0.1) is 22.5 Å². The van der Waals surface area contributed by atoms with E-state index in [-0.39, 0.29) is 11.5 Å². The number of carbonyl (C=O) groups excluding carboxylic acids is 1. The number of hydrogen-bond donors (Lipinski definition) is 2. The van der Waals surface area contributed by atoms with Gasteiger partial charge in [0.25, 0.3) is 11.5 Å².